The molecular weight excluding hydrogens is 242 g/mol. The zero-order chi connectivity index (χ0) is 13.5. The molecule has 0 amide bonds. The summed E-state index contributed by atoms with van der Waals surface area (Å²) in [4.78, 5) is 4.38. The number of nitrogens with one attached hydrogen (secondary N) is 1. The van der Waals surface area contributed by atoms with Crippen molar-refractivity contribution in [2.75, 3.05) is 30.8 Å². The minimum absolute atomic E-state index is 0.285. The van der Waals surface area contributed by atoms with Gasteiger partial charge in [0.25, 0.3) is 0 Å². The Morgan fingerprint density at radius 2 is 2.37 bits per heavy atom. The molecule has 1 atom stereocenters. The van der Waals surface area contributed by atoms with Gasteiger partial charge in [0.2, 0.25) is 5.88 Å². The molecule has 0 spiro atoms. The molecule has 1 aromatic rings. The third kappa shape index (κ3) is 4.28. The Labute approximate surface area is 114 Å². The first-order valence-electron chi connectivity index (χ1n) is 7.04. The Bertz CT molecular complexity index is 392. The van der Waals surface area contributed by atoms with Gasteiger partial charge in [-0.15, -0.1) is 0 Å². The Hall–Kier alpha value is -1.49. The molecule has 0 bridgehead atoms. The average molecular weight is 265 g/mol. The van der Waals surface area contributed by atoms with Gasteiger partial charge in [0, 0.05) is 13.2 Å². The van der Waals surface area contributed by atoms with E-state index in [1.54, 1.807) is 0 Å². The summed E-state index contributed by atoms with van der Waals surface area (Å²) in [6.07, 6.45) is 4.75. The van der Waals surface area contributed by atoms with E-state index in [0.29, 0.717) is 18.2 Å². The summed E-state index contributed by atoms with van der Waals surface area (Å²) in [5, 5.41) is 3.29. The summed E-state index contributed by atoms with van der Waals surface area (Å²) < 4.78 is 11.2. The number of nitrogen functional groups attached to an aromatic ring is 1. The van der Waals surface area contributed by atoms with Gasteiger partial charge in [0.1, 0.15) is 5.82 Å². The molecule has 0 saturated carbocycles. The van der Waals surface area contributed by atoms with Crippen molar-refractivity contribution < 1.29 is 9.47 Å². The summed E-state index contributed by atoms with van der Waals surface area (Å²) >= 11 is 0. The molecule has 2 rings (SSSR count). The fourth-order valence-corrected chi connectivity index (χ4v) is 2.05. The van der Waals surface area contributed by atoms with E-state index < -0.39 is 0 Å². The lowest BCUT2D eigenvalue weighted by Gasteiger charge is -2.23. The number of anilines is 2. The number of nitrogens with zero attached hydrogens (tertiary/aromatic N) is 1. The monoisotopic (exact) mass is 265 g/mol. The summed E-state index contributed by atoms with van der Waals surface area (Å²) in [6, 6.07) is 3.69. The lowest BCUT2D eigenvalue weighted by molar-refractivity contribution is 0.0247. The zero-order valence-electron chi connectivity index (χ0n) is 11.5. The van der Waals surface area contributed by atoms with Crippen molar-refractivity contribution in [1.82, 2.24) is 4.98 Å². The van der Waals surface area contributed by atoms with Crippen LogP contribution in [0.2, 0.25) is 0 Å². The maximum atomic E-state index is 5.83. The van der Waals surface area contributed by atoms with Gasteiger partial charge in [-0.25, -0.2) is 0 Å². The highest BCUT2D eigenvalue weighted by Gasteiger charge is 2.13. The van der Waals surface area contributed by atoms with Crippen molar-refractivity contribution in [2.45, 2.75) is 38.7 Å². The Morgan fingerprint density at radius 1 is 1.47 bits per heavy atom. The van der Waals surface area contributed by atoms with E-state index in [9.17, 15) is 0 Å². The van der Waals surface area contributed by atoms with Crippen molar-refractivity contribution >= 4 is 11.5 Å². The highest BCUT2D eigenvalue weighted by atomic mass is 16.5. The van der Waals surface area contributed by atoms with Crippen LogP contribution >= 0.6 is 0 Å². The molecule has 0 aliphatic carbocycles. The third-order valence-corrected chi connectivity index (χ3v) is 3.12. The smallest absolute Gasteiger partial charge is 0.239 e. The molecule has 1 aromatic heterocycles. The maximum Gasteiger partial charge on any atom is 0.239 e. The summed E-state index contributed by atoms with van der Waals surface area (Å²) in [5.41, 5.74) is 6.41. The number of nitrogens with two attached hydrogens (primary N) is 1. The van der Waals surface area contributed by atoms with E-state index in [4.69, 9.17) is 15.2 Å². The molecular formula is C14H23N3O2. The van der Waals surface area contributed by atoms with E-state index in [1.807, 2.05) is 12.1 Å². The quantitative estimate of drug-likeness (QED) is 0.826. The standard InChI is InChI=1S/C14H23N3O2/c1-2-8-19-14-12(15)6-7-13(17-14)16-10-11-5-3-4-9-18-11/h6-7,11H,2-5,8-10,15H2,1H3,(H,16,17). The minimum Gasteiger partial charge on any atom is -0.476 e. The van der Waals surface area contributed by atoms with Crippen LogP contribution in [0.15, 0.2) is 12.1 Å². The molecule has 19 heavy (non-hydrogen) atoms. The first-order valence-corrected chi connectivity index (χ1v) is 7.04. The van der Waals surface area contributed by atoms with E-state index in [1.165, 1.54) is 12.8 Å². The molecule has 1 fully saturated rings. The van der Waals surface area contributed by atoms with E-state index in [0.717, 1.165) is 31.8 Å². The molecule has 3 N–H and O–H groups in total. The summed E-state index contributed by atoms with van der Waals surface area (Å²) in [6.45, 7) is 4.33. The van der Waals surface area contributed by atoms with Crippen LogP contribution in [0.25, 0.3) is 0 Å². The van der Waals surface area contributed by atoms with Gasteiger partial charge in [-0.3, -0.25) is 0 Å². The number of pyridine rings is 1. The second-order valence-corrected chi connectivity index (χ2v) is 4.81. The summed E-state index contributed by atoms with van der Waals surface area (Å²) in [5.74, 6) is 1.30. The van der Waals surface area contributed by atoms with Gasteiger partial charge in [-0.1, -0.05) is 6.92 Å². The van der Waals surface area contributed by atoms with Crippen molar-refractivity contribution in [2.24, 2.45) is 0 Å². The van der Waals surface area contributed by atoms with Crippen molar-refractivity contribution in [1.29, 1.82) is 0 Å². The van der Waals surface area contributed by atoms with Gasteiger partial charge in [0.15, 0.2) is 0 Å². The second kappa shape index (κ2) is 7.19. The van der Waals surface area contributed by atoms with Crippen molar-refractivity contribution in [3.8, 4) is 5.88 Å². The van der Waals surface area contributed by atoms with Crippen LogP contribution in [0.5, 0.6) is 5.88 Å². The van der Waals surface area contributed by atoms with Crippen LogP contribution < -0.4 is 15.8 Å². The van der Waals surface area contributed by atoms with Gasteiger partial charge in [-0.2, -0.15) is 4.98 Å². The first-order chi connectivity index (χ1) is 9.29. The Kier molecular flexibility index (Phi) is 5.27. The normalized spacial score (nSPS) is 19.1. The number of aromatic nitrogens is 1. The van der Waals surface area contributed by atoms with Gasteiger partial charge in [0.05, 0.1) is 18.4 Å². The Balaban J connectivity index is 1.88. The van der Waals surface area contributed by atoms with Crippen LogP contribution in [-0.4, -0.2) is 30.8 Å². The van der Waals surface area contributed by atoms with Gasteiger partial charge < -0.3 is 20.5 Å². The lowest BCUT2D eigenvalue weighted by Crippen LogP contribution is -2.27. The second-order valence-electron chi connectivity index (χ2n) is 4.81. The number of hydrogen-bond acceptors (Lipinski definition) is 5. The van der Waals surface area contributed by atoms with E-state index >= 15 is 0 Å². The molecule has 0 radical (unpaired) electrons. The van der Waals surface area contributed by atoms with Crippen LogP contribution in [0.3, 0.4) is 0 Å². The lowest BCUT2D eigenvalue weighted by atomic mass is 10.1. The number of ether oxygens (including phenoxy) is 2. The molecule has 1 unspecified atom stereocenters. The Morgan fingerprint density at radius 3 is 3.11 bits per heavy atom. The van der Waals surface area contributed by atoms with Crippen LogP contribution in [0.4, 0.5) is 11.5 Å². The molecule has 0 aromatic carbocycles. The molecule has 1 aliphatic rings. The van der Waals surface area contributed by atoms with Crippen LogP contribution in [0.1, 0.15) is 32.6 Å². The maximum absolute atomic E-state index is 5.83. The zero-order valence-corrected chi connectivity index (χ0v) is 11.5. The first kappa shape index (κ1) is 13.9. The SMILES string of the molecule is CCCOc1nc(NCC2CCCCO2)ccc1N. The highest BCUT2D eigenvalue weighted by molar-refractivity contribution is 5.53. The van der Waals surface area contributed by atoms with Crippen molar-refractivity contribution in [3.05, 3.63) is 12.1 Å². The van der Waals surface area contributed by atoms with E-state index in [-0.39, 0.29) is 6.10 Å². The minimum atomic E-state index is 0.285. The summed E-state index contributed by atoms with van der Waals surface area (Å²) in [7, 11) is 0. The fraction of sp³-hybridized carbons (Fsp3) is 0.643. The molecule has 2 heterocycles. The van der Waals surface area contributed by atoms with Crippen molar-refractivity contribution in [3.63, 3.8) is 0 Å². The van der Waals surface area contributed by atoms with Crippen LogP contribution in [0, 0.1) is 0 Å². The van der Waals surface area contributed by atoms with E-state index in [2.05, 4.69) is 17.2 Å². The van der Waals surface area contributed by atoms with Gasteiger partial charge in [-0.05, 0) is 37.8 Å². The third-order valence-electron chi connectivity index (χ3n) is 3.12. The number of rotatable bonds is 6. The average Bonchev–Trinajstić information content (AvgIpc) is 2.46. The fourth-order valence-electron chi connectivity index (χ4n) is 2.05. The molecule has 1 saturated heterocycles. The number of hydrogen-bond donors (Lipinski definition) is 2. The largest absolute Gasteiger partial charge is 0.476 e. The molecule has 5 nitrogen and oxygen atoms in total. The molecule has 1 aliphatic heterocycles. The van der Waals surface area contributed by atoms with Crippen LogP contribution in [-0.2, 0) is 4.74 Å². The topological polar surface area (TPSA) is 69.4 Å². The predicted molar refractivity (Wildman–Crippen MR) is 76.5 cm³/mol. The predicted octanol–water partition coefficient (Wildman–Crippen LogP) is 2.43. The molecule has 106 valence electrons. The molecule has 5 heteroatoms. The highest BCUT2D eigenvalue weighted by Crippen LogP contribution is 2.21. The van der Waals surface area contributed by atoms with Gasteiger partial charge >= 0.3 is 0 Å².